The molecule has 1 aromatic heterocycles. The third-order valence-corrected chi connectivity index (χ3v) is 4.70. The van der Waals surface area contributed by atoms with Gasteiger partial charge in [-0.05, 0) is 32.2 Å². The fraction of sp³-hybridized carbons (Fsp3) is 0.429. The van der Waals surface area contributed by atoms with Crippen molar-refractivity contribution in [2.75, 3.05) is 12.9 Å². The zero-order chi connectivity index (χ0) is 14.9. The van der Waals surface area contributed by atoms with Gasteiger partial charge in [0.05, 0.1) is 17.7 Å². The number of hydrogen-bond acceptors (Lipinski definition) is 4. The van der Waals surface area contributed by atoms with E-state index in [4.69, 9.17) is 0 Å². The van der Waals surface area contributed by atoms with Crippen LogP contribution in [0.25, 0.3) is 11.0 Å². The lowest BCUT2D eigenvalue weighted by atomic mass is 10.1. The molecule has 0 fully saturated rings. The van der Waals surface area contributed by atoms with Crippen molar-refractivity contribution >= 4 is 28.8 Å². The number of carboxylic acid groups (broad SMARTS) is 1. The van der Waals surface area contributed by atoms with Crippen molar-refractivity contribution in [2.24, 2.45) is 0 Å². The lowest BCUT2D eigenvalue weighted by Gasteiger charge is -2.23. The monoisotopic (exact) mass is 294 g/mol. The summed E-state index contributed by atoms with van der Waals surface area (Å²) in [5.74, 6) is -0.217. The number of nitrogens with zero attached hydrogens (tertiary/aromatic N) is 2. The Morgan fingerprint density at radius 1 is 1.50 bits per heavy atom. The first kappa shape index (κ1) is 14.9. The second-order valence-corrected chi connectivity index (χ2v) is 5.78. The van der Waals surface area contributed by atoms with E-state index < -0.39 is 5.97 Å². The maximum Gasteiger partial charge on any atom is 0.337 e. The van der Waals surface area contributed by atoms with Crippen molar-refractivity contribution in [2.45, 2.75) is 25.1 Å². The van der Waals surface area contributed by atoms with E-state index in [1.807, 2.05) is 30.7 Å². The Kier molecular flexibility index (Phi) is 4.35. The van der Waals surface area contributed by atoms with Crippen molar-refractivity contribution in [3.8, 4) is 0 Å². The van der Waals surface area contributed by atoms with Crippen LogP contribution < -0.4 is 0 Å². The minimum atomic E-state index is -0.975. The predicted octanol–water partition coefficient (Wildman–Crippen LogP) is 2.33. The fourth-order valence-corrected chi connectivity index (χ4v) is 3.17. The normalized spacial score (nSPS) is 14.4. The number of benzene rings is 1. The first-order valence-electron chi connectivity index (χ1n) is 6.35. The van der Waals surface area contributed by atoms with E-state index in [2.05, 4.69) is 4.98 Å². The van der Waals surface area contributed by atoms with E-state index in [0.29, 0.717) is 5.52 Å². The Balaban J connectivity index is 2.63. The van der Waals surface area contributed by atoms with E-state index in [1.54, 1.807) is 23.9 Å². The lowest BCUT2D eigenvalue weighted by Crippen LogP contribution is -2.23. The number of para-hydroxylation sites is 1. The van der Waals surface area contributed by atoms with Gasteiger partial charge in [0.1, 0.15) is 11.3 Å². The summed E-state index contributed by atoms with van der Waals surface area (Å²) in [6, 6.07) is 5.18. The Labute approximate surface area is 121 Å². The highest BCUT2D eigenvalue weighted by atomic mass is 32.2. The number of aromatic nitrogens is 2. The van der Waals surface area contributed by atoms with Gasteiger partial charge in [-0.25, -0.2) is 9.78 Å². The van der Waals surface area contributed by atoms with E-state index in [1.165, 1.54) is 0 Å². The Bertz CT molecular complexity index is 635. The average Bonchev–Trinajstić information content (AvgIpc) is 2.75. The van der Waals surface area contributed by atoms with Crippen molar-refractivity contribution in [1.29, 1.82) is 0 Å². The van der Waals surface area contributed by atoms with Gasteiger partial charge < -0.3 is 14.8 Å². The minimum absolute atomic E-state index is 0.0315. The summed E-state index contributed by atoms with van der Waals surface area (Å²) in [4.78, 5) is 15.7. The molecule has 6 heteroatoms. The molecule has 0 aliphatic carbocycles. The van der Waals surface area contributed by atoms with Gasteiger partial charge in [-0.2, -0.15) is 11.8 Å². The van der Waals surface area contributed by atoms with Gasteiger partial charge in [-0.15, -0.1) is 0 Å². The number of thioether (sulfide) groups is 1. The smallest absolute Gasteiger partial charge is 0.337 e. The second-order valence-electron chi connectivity index (χ2n) is 4.70. The molecule has 108 valence electrons. The molecule has 0 amide bonds. The molecule has 5 nitrogen and oxygen atoms in total. The molecule has 0 aliphatic rings. The minimum Gasteiger partial charge on any atom is -0.478 e. The standard InChI is InChI=1S/C14H18N2O3S/c1-8(12(7-17)20-3)16-9(2)15-13-10(14(18)19)5-4-6-11(13)16/h4-6,8,12,17H,7H2,1-3H3,(H,18,19). The number of aliphatic hydroxyl groups excluding tert-OH is 1. The number of imidazole rings is 1. The van der Waals surface area contributed by atoms with Crippen LogP contribution in [0.3, 0.4) is 0 Å². The summed E-state index contributed by atoms with van der Waals surface area (Å²) in [6.45, 7) is 3.94. The third-order valence-electron chi connectivity index (χ3n) is 3.55. The summed E-state index contributed by atoms with van der Waals surface area (Å²) < 4.78 is 2.00. The first-order valence-corrected chi connectivity index (χ1v) is 7.64. The molecule has 1 aromatic carbocycles. The lowest BCUT2D eigenvalue weighted by molar-refractivity contribution is 0.0699. The van der Waals surface area contributed by atoms with Gasteiger partial charge in [-0.1, -0.05) is 6.07 Å². The predicted molar refractivity (Wildman–Crippen MR) is 80.5 cm³/mol. The number of aromatic carboxylic acids is 1. The molecule has 0 saturated heterocycles. The van der Waals surface area contributed by atoms with Crippen LogP contribution >= 0.6 is 11.8 Å². The maximum atomic E-state index is 11.3. The van der Waals surface area contributed by atoms with Crippen LogP contribution in [-0.4, -0.2) is 43.8 Å². The highest BCUT2D eigenvalue weighted by Crippen LogP contribution is 2.29. The van der Waals surface area contributed by atoms with E-state index in [9.17, 15) is 15.0 Å². The molecule has 2 atom stereocenters. The van der Waals surface area contributed by atoms with Crippen LogP contribution in [0.4, 0.5) is 0 Å². The van der Waals surface area contributed by atoms with Crippen LogP contribution in [0, 0.1) is 6.92 Å². The summed E-state index contributed by atoms with van der Waals surface area (Å²) in [5.41, 5.74) is 1.51. The number of hydrogen-bond donors (Lipinski definition) is 2. The van der Waals surface area contributed by atoms with Crippen LogP contribution in [-0.2, 0) is 0 Å². The number of aryl methyl sites for hydroxylation is 1. The SMILES string of the molecule is CSC(CO)C(C)n1c(C)nc2c(C(=O)O)cccc21. The van der Waals surface area contributed by atoms with Gasteiger partial charge >= 0.3 is 5.97 Å². The summed E-state index contributed by atoms with van der Waals surface area (Å²) >= 11 is 1.59. The number of carbonyl (C=O) groups is 1. The van der Waals surface area contributed by atoms with Gasteiger partial charge in [0, 0.05) is 11.3 Å². The van der Waals surface area contributed by atoms with Crippen molar-refractivity contribution in [1.82, 2.24) is 9.55 Å². The van der Waals surface area contributed by atoms with Crippen molar-refractivity contribution < 1.29 is 15.0 Å². The number of rotatable bonds is 5. The molecule has 20 heavy (non-hydrogen) atoms. The van der Waals surface area contributed by atoms with Gasteiger partial charge in [-0.3, -0.25) is 0 Å². The Hall–Kier alpha value is -1.53. The quantitative estimate of drug-likeness (QED) is 0.885. The Morgan fingerprint density at radius 2 is 2.20 bits per heavy atom. The van der Waals surface area contributed by atoms with Crippen molar-refractivity contribution in [3.63, 3.8) is 0 Å². The molecule has 1 heterocycles. The van der Waals surface area contributed by atoms with Gasteiger partial charge in [0.25, 0.3) is 0 Å². The average molecular weight is 294 g/mol. The highest BCUT2D eigenvalue weighted by Gasteiger charge is 2.23. The topological polar surface area (TPSA) is 75.3 Å². The number of carboxylic acids is 1. The van der Waals surface area contributed by atoms with E-state index in [-0.39, 0.29) is 23.5 Å². The summed E-state index contributed by atoms with van der Waals surface area (Å²) in [6.07, 6.45) is 1.95. The molecule has 2 unspecified atom stereocenters. The molecule has 0 spiro atoms. The van der Waals surface area contributed by atoms with Crippen LogP contribution in [0.5, 0.6) is 0 Å². The molecule has 0 aliphatic heterocycles. The number of fused-ring (bicyclic) bond motifs is 1. The fourth-order valence-electron chi connectivity index (χ4n) is 2.51. The van der Waals surface area contributed by atoms with E-state index >= 15 is 0 Å². The molecule has 0 radical (unpaired) electrons. The molecular formula is C14H18N2O3S. The molecule has 2 rings (SSSR count). The van der Waals surface area contributed by atoms with E-state index in [0.717, 1.165) is 11.3 Å². The highest BCUT2D eigenvalue weighted by molar-refractivity contribution is 7.99. The molecule has 0 saturated carbocycles. The molecule has 2 N–H and O–H groups in total. The molecule has 2 aromatic rings. The van der Waals surface area contributed by atoms with Gasteiger partial charge in [0.15, 0.2) is 0 Å². The van der Waals surface area contributed by atoms with Gasteiger partial charge in [0.2, 0.25) is 0 Å². The maximum absolute atomic E-state index is 11.3. The molecule has 0 bridgehead atoms. The van der Waals surface area contributed by atoms with Crippen LogP contribution in [0.2, 0.25) is 0 Å². The second kappa shape index (κ2) is 5.85. The van der Waals surface area contributed by atoms with Crippen LogP contribution in [0.15, 0.2) is 18.2 Å². The zero-order valence-electron chi connectivity index (χ0n) is 11.7. The molecular weight excluding hydrogens is 276 g/mol. The largest absolute Gasteiger partial charge is 0.478 e. The summed E-state index contributed by atoms with van der Waals surface area (Å²) in [5, 5.41) is 18.7. The third kappa shape index (κ3) is 2.41. The van der Waals surface area contributed by atoms with Crippen molar-refractivity contribution in [3.05, 3.63) is 29.6 Å². The number of aliphatic hydroxyl groups is 1. The zero-order valence-corrected chi connectivity index (χ0v) is 12.5. The Morgan fingerprint density at radius 3 is 2.75 bits per heavy atom. The van der Waals surface area contributed by atoms with Crippen LogP contribution in [0.1, 0.15) is 29.1 Å². The first-order chi connectivity index (χ1) is 9.51. The summed E-state index contributed by atoms with van der Waals surface area (Å²) in [7, 11) is 0.